The van der Waals surface area contributed by atoms with Gasteiger partial charge in [-0.25, -0.2) is 4.79 Å². The SMILES string of the molecule is COc1ccc(CCCNC(N)=O)cc1. The van der Waals surface area contributed by atoms with Crippen molar-refractivity contribution in [2.45, 2.75) is 12.8 Å². The van der Waals surface area contributed by atoms with E-state index in [1.54, 1.807) is 7.11 Å². The first-order valence-electron chi connectivity index (χ1n) is 4.88. The Bertz CT molecular complexity index is 309. The molecular formula is C11H16N2O2. The molecule has 0 spiro atoms. The molecule has 0 bridgehead atoms. The predicted octanol–water partition coefficient (Wildman–Crippen LogP) is 1.30. The van der Waals surface area contributed by atoms with Crippen LogP contribution in [0.3, 0.4) is 0 Å². The summed E-state index contributed by atoms with van der Waals surface area (Å²) in [6, 6.07) is 7.42. The van der Waals surface area contributed by atoms with E-state index < -0.39 is 6.03 Å². The summed E-state index contributed by atoms with van der Waals surface area (Å²) in [6.45, 7) is 0.612. The van der Waals surface area contributed by atoms with E-state index in [0.29, 0.717) is 6.54 Å². The molecule has 0 fully saturated rings. The van der Waals surface area contributed by atoms with Crippen LogP contribution in [0.4, 0.5) is 4.79 Å². The van der Waals surface area contributed by atoms with Crippen LogP contribution >= 0.6 is 0 Å². The number of carbonyl (C=O) groups excluding carboxylic acids is 1. The van der Waals surface area contributed by atoms with Gasteiger partial charge in [-0.1, -0.05) is 12.1 Å². The van der Waals surface area contributed by atoms with Crippen molar-refractivity contribution in [2.24, 2.45) is 5.73 Å². The molecule has 0 aliphatic heterocycles. The van der Waals surface area contributed by atoms with Crippen LogP contribution in [0.2, 0.25) is 0 Å². The van der Waals surface area contributed by atoms with Crippen LogP contribution in [0, 0.1) is 0 Å². The van der Waals surface area contributed by atoms with E-state index in [0.717, 1.165) is 18.6 Å². The van der Waals surface area contributed by atoms with Crippen molar-refractivity contribution in [1.82, 2.24) is 5.32 Å². The van der Waals surface area contributed by atoms with E-state index in [9.17, 15) is 4.79 Å². The molecule has 82 valence electrons. The molecule has 0 aliphatic carbocycles. The average molecular weight is 208 g/mol. The highest BCUT2D eigenvalue weighted by molar-refractivity contribution is 5.71. The number of nitrogens with two attached hydrogens (primary N) is 1. The number of urea groups is 1. The maximum atomic E-state index is 10.4. The second-order valence-electron chi connectivity index (χ2n) is 3.24. The third-order valence-electron chi connectivity index (χ3n) is 2.10. The van der Waals surface area contributed by atoms with Crippen LogP contribution in [0.25, 0.3) is 0 Å². The molecule has 1 aromatic rings. The quantitative estimate of drug-likeness (QED) is 0.716. The van der Waals surface area contributed by atoms with Gasteiger partial charge in [-0.3, -0.25) is 0 Å². The summed E-state index contributed by atoms with van der Waals surface area (Å²) >= 11 is 0. The summed E-state index contributed by atoms with van der Waals surface area (Å²) in [5, 5.41) is 2.55. The first-order valence-corrected chi connectivity index (χ1v) is 4.88. The Hall–Kier alpha value is -1.71. The summed E-state index contributed by atoms with van der Waals surface area (Å²) in [7, 11) is 1.64. The maximum absolute atomic E-state index is 10.4. The molecule has 15 heavy (non-hydrogen) atoms. The van der Waals surface area contributed by atoms with Crippen LogP contribution in [-0.2, 0) is 6.42 Å². The van der Waals surface area contributed by atoms with Crippen molar-refractivity contribution < 1.29 is 9.53 Å². The van der Waals surface area contributed by atoms with Gasteiger partial charge in [0.05, 0.1) is 7.11 Å². The van der Waals surface area contributed by atoms with Gasteiger partial charge in [0.25, 0.3) is 0 Å². The zero-order valence-electron chi connectivity index (χ0n) is 8.82. The summed E-state index contributed by atoms with van der Waals surface area (Å²) in [6.07, 6.45) is 1.81. The molecule has 4 nitrogen and oxygen atoms in total. The summed E-state index contributed by atoms with van der Waals surface area (Å²) in [5.74, 6) is 0.856. The number of carbonyl (C=O) groups is 1. The monoisotopic (exact) mass is 208 g/mol. The van der Waals surface area contributed by atoms with Gasteiger partial charge in [-0.15, -0.1) is 0 Å². The zero-order chi connectivity index (χ0) is 11.1. The van der Waals surface area contributed by atoms with E-state index in [4.69, 9.17) is 10.5 Å². The minimum absolute atomic E-state index is 0.468. The normalized spacial score (nSPS) is 9.67. The van der Waals surface area contributed by atoms with Gasteiger partial charge in [0.1, 0.15) is 5.75 Å². The third-order valence-corrected chi connectivity index (χ3v) is 2.10. The number of benzene rings is 1. The standard InChI is InChI=1S/C11H16N2O2/c1-15-10-6-4-9(5-7-10)3-2-8-13-11(12)14/h4-7H,2-3,8H2,1H3,(H3,12,13,14). The van der Waals surface area contributed by atoms with Crippen LogP contribution < -0.4 is 15.8 Å². The van der Waals surface area contributed by atoms with Gasteiger partial charge in [-0.05, 0) is 30.5 Å². The Morgan fingerprint density at radius 2 is 2.07 bits per heavy atom. The van der Waals surface area contributed by atoms with Gasteiger partial charge >= 0.3 is 6.03 Å². The Balaban J connectivity index is 2.28. The molecule has 1 aromatic carbocycles. The van der Waals surface area contributed by atoms with Gasteiger partial charge in [0.15, 0.2) is 0 Å². The highest BCUT2D eigenvalue weighted by Gasteiger charge is 1.95. The Labute approximate surface area is 89.4 Å². The molecule has 0 atom stereocenters. The number of nitrogens with one attached hydrogen (secondary N) is 1. The van der Waals surface area contributed by atoms with Gasteiger partial charge < -0.3 is 15.8 Å². The number of methoxy groups -OCH3 is 1. The average Bonchev–Trinajstić information content (AvgIpc) is 2.25. The molecule has 0 heterocycles. The molecule has 2 amide bonds. The highest BCUT2D eigenvalue weighted by Crippen LogP contribution is 2.12. The third kappa shape index (κ3) is 4.35. The van der Waals surface area contributed by atoms with Crippen molar-refractivity contribution >= 4 is 6.03 Å². The fourth-order valence-corrected chi connectivity index (χ4v) is 1.30. The molecule has 0 saturated carbocycles. The fourth-order valence-electron chi connectivity index (χ4n) is 1.30. The van der Waals surface area contributed by atoms with Gasteiger partial charge in [0.2, 0.25) is 0 Å². The number of primary amides is 1. The molecule has 4 heteroatoms. The molecule has 0 aromatic heterocycles. The van der Waals surface area contributed by atoms with Crippen molar-refractivity contribution in [3.63, 3.8) is 0 Å². The lowest BCUT2D eigenvalue weighted by Gasteiger charge is -2.03. The minimum Gasteiger partial charge on any atom is -0.497 e. The van der Waals surface area contributed by atoms with Gasteiger partial charge in [-0.2, -0.15) is 0 Å². The van der Waals surface area contributed by atoms with E-state index in [-0.39, 0.29) is 0 Å². The first kappa shape index (κ1) is 11.4. The van der Waals surface area contributed by atoms with Crippen LogP contribution in [0.5, 0.6) is 5.75 Å². The first-order chi connectivity index (χ1) is 7.22. The van der Waals surface area contributed by atoms with Crippen LogP contribution in [0.15, 0.2) is 24.3 Å². The fraction of sp³-hybridized carbons (Fsp3) is 0.364. The number of amides is 2. The largest absolute Gasteiger partial charge is 0.497 e. The summed E-state index contributed by atoms with van der Waals surface area (Å²) in [5.41, 5.74) is 6.17. The van der Waals surface area contributed by atoms with Crippen LogP contribution in [-0.4, -0.2) is 19.7 Å². The second-order valence-corrected chi connectivity index (χ2v) is 3.24. The minimum atomic E-state index is -0.468. The second kappa shape index (κ2) is 5.90. The van der Waals surface area contributed by atoms with Crippen molar-refractivity contribution in [3.05, 3.63) is 29.8 Å². The number of rotatable bonds is 5. The number of ether oxygens (including phenoxy) is 1. The van der Waals surface area contributed by atoms with Gasteiger partial charge in [0, 0.05) is 6.54 Å². The molecular weight excluding hydrogens is 192 g/mol. The summed E-state index contributed by atoms with van der Waals surface area (Å²) < 4.78 is 5.05. The predicted molar refractivity (Wildman–Crippen MR) is 58.9 cm³/mol. The Kier molecular flexibility index (Phi) is 4.47. The lowest BCUT2D eigenvalue weighted by atomic mass is 10.1. The van der Waals surface area contributed by atoms with E-state index in [2.05, 4.69) is 5.32 Å². The molecule has 3 N–H and O–H groups in total. The number of aryl methyl sites for hydroxylation is 1. The smallest absolute Gasteiger partial charge is 0.312 e. The van der Waals surface area contributed by atoms with E-state index >= 15 is 0 Å². The Morgan fingerprint density at radius 1 is 1.40 bits per heavy atom. The topological polar surface area (TPSA) is 64.3 Å². The number of hydrogen-bond donors (Lipinski definition) is 2. The van der Waals surface area contributed by atoms with E-state index in [1.807, 2.05) is 24.3 Å². The molecule has 0 saturated heterocycles. The molecule has 1 rings (SSSR count). The van der Waals surface area contributed by atoms with Crippen molar-refractivity contribution in [2.75, 3.05) is 13.7 Å². The Morgan fingerprint density at radius 3 is 2.60 bits per heavy atom. The van der Waals surface area contributed by atoms with Crippen molar-refractivity contribution in [3.8, 4) is 5.75 Å². The molecule has 0 aliphatic rings. The molecule has 0 radical (unpaired) electrons. The lowest BCUT2D eigenvalue weighted by molar-refractivity contribution is 0.249. The summed E-state index contributed by atoms with van der Waals surface area (Å²) in [4.78, 5) is 10.4. The molecule has 0 unspecified atom stereocenters. The van der Waals surface area contributed by atoms with Crippen LogP contribution in [0.1, 0.15) is 12.0 Å². The van der Waals surface area contributed by atoms with E-state index in [1.165, 1.54) is 5.56 Å². The number of hydrogen-bond acceptors (Lipinski definition) is 2. The zero-order valence-corrected chi connectivity index (χ0v) is 8.82. The lowest BCUT2D eigenvalue weighted by Crippen LogP contribution is -2.30. The maximum Gasteiger partial charge on any atom is 0.312 e. The highest BCUT2D eigenvalue weighted by atomic mass is 16.5. The van der Waals surface area contributed by atoms with Crippen molar-refractivity contribution in [1.29, 1.82) is 0 Å².